The number of hydrogen-bond acceptors (Lipinski definition) is 0. The first-order valence-electron chi connectivity index (χ1n) is 21.5. The Kier molecular flexibility index (Phi) is 6.93. The van der Waals surface area contributed by atoms with Gasteiger partial charge in [0.25, 0.3) is 0 Å². The summed E-state index contributed by atoms with van der Waals surface area (Å²) in [5.41, 5.74) is 21.6. The van der Waals surface area contributed by atoms with Crippen LogP contribution < -0.4 is 0 Å². The van der Waals surface area contributed by atoms with Crippen LogP contribution in [-0.4, -0.2) is 0 Å². The van der Waals surface area contributed by atoms with Gasteiger partial charge in [-0.25, -0.2) is 0 Å². The summed E-state index contributed by atoms with van der Waals surface area (Å²) in [5, 5.41) is 7.68. The lowest BCUT2D eigenvalue weighted by molar-refractivity contribution is 0.564. The maximum absolute atomic E-state index is 2.58. The third-order valence-electron chi connectivity index (χ3n) is 14.6. The van der Waals surface area contributed by atoms with Gasteiger partial charge in [-0.3, -0.25) is 0 Å². The van der Waals surface area contributed by atoms with E-state index in [0.717, 1.165) is 12.8 Å². The average molecular weight is 763 g/mol. The van der Waals surface area contributed by atoms with Crippen LogP contribution in [0.5, 0.6) is 0 Å². The summed E-state index contributed by atoms with van der Waals surface area (Å²) in [4.78, 5) is 0. The molecule has 13 rings (SSSR count). The Morgan fingerprint density at radius 3 is 1.53 bits per heavy atom. The zero-order valence-corrected chi connectivity index (χ0v) is 33.9. The smallest absolute Gasteiger partial charge is 0.0296 e. The van der Waals surface area contributed by atoms with Crippen LogP contribution >= 0.6 is 0 Å². The highest BCUT2D eigenvalue weighted by atomic mass is 14.5. The van der Waals surface area contributed by atoms with E-state index in [4.69, 9.17) is 0 Å². The van der Waals surface area contributed by atoms with Crippen LogP contribution in [0, 0.1) is 0 Å². The van der Waals surface area contributed by atoms with Crippen molar-refractivity contribution >= 4 is 32.3 Å². The fraction of sp³-hybridized carbons (Fsp3) is 0.100. The van der Waals surface area contributed by atoms with Crippen molar-refractivity contribution in [2.75, 3.05) is 0 Å². The van der Waals surface area contributed by atoms with E-state index < -0.39 is 0 Å². The Balaban J connectivity index is 1.08. The van der Waals surface area contributed by atoms with E-state index in [-0.39, 0.29) is 10.8 Å². The molecule has 0 unspecified atom stereocenters. The molecule has 0 N–H and O–H groups in total. The molecule has 0 saturated carbocycles. The van der Waals surface area contributed by atoms with Crippen LogP contribution in [0.3, 0.4) is 0 Å². The zero-order chi connectivity index (χ0) is 39.7. The molecule has 1 spiro atoms. The van der Waals surface area contributed by atoms with Crippen molar-refractivity contribution in [3.8, 4) is 55.6 Å². The van der Waals surface area contributed by atoms with E-state index in [2.05, 4.69) is 208 Å². The van der Waals surface area contributed by atoms with Gasteiger partial charge in [0.1, 0.15) is 0 Å². The van der Waals surface area contributed by atoms with Gasteiger partial charge in [-0.05, 0) is 158 Å². The summed E-state index contributed by atoms with van der Waals surface area (Å²) in [6.07, 6.45) is 2.06. The maximum Gasteiger partial charge on any atom is 0.0296 e. The minimum absolute atomic E-state index is 0.0742. The van der Waals surface area contributed by atoms with Crippen molar-refractivity contribution in [3.05, 3.63) is 228 Å². The molecule has 60 heavy (non-hydrogen) atoms. The molecule has 10 aromatic carbocycles. The van der Waals surface area contributed by atoms with Crippen LogP contribution in [0.1, 0.15) is 47.2 Å². The predicted molar refractivity (Wildman–Crippen MR) is 253 cm³/mol. The molecule has 0 bridgehead atoms. The zero-order valence-electron chi connectivity index (χ0n) is 33.9. The summed E-state index contributed by atoms with van der Waals surface area (Å²) >= 11 is 0. The van der Waals surface area contributed by atoms with Crippen LogP contribution in [0.2, 0.25) is 0 Å². The Morgan fingerprint density at radius 2 is 0.800 bits per heavy atom. The number of fused-ring (bicyclic) bond motifs is 12. The van der Waals surface area contributed by atoms with Crippen molar-refractivity contribution in [1.82, 2.24) is 0 Å². The van der Waals surface area contributed by atoms with E-state index in [0.29, 0.717) is 0 Å². The average Bonchev–Trinajstić information content (AvgIpc) is 3.90. The molecule has 0 saturated heterocycles. The number of hydrogen-bond donors (Lipinski definition) is 0. The van der Waals surface area contributed by atoms with Gasteiger partial charge in [0.05, 0.1) is 0 Å². The summed E-state index contributed by atoms with van der Waals surface area (Å²) in [6.45, 7) is 4.78. The maximum atomic E-state index is 2.58. The quantitative estimate of drug-likeness (QED) is 0.157. The highest BCUT2D eigenvalue weighted by Crippen LogP contribution is 2.57. The second-order valence-electron chi connectivity index (χ2n) is 18.1. The molecule has 0 atom stereocenters. The molecule has 0 fully saturated rings. The molecule has 3 aliphatic rings. The molecular weight excluding hydrogens is 721 g/mol. The van der Waals surface area contributed by atoms with Gasteiger partial charge in [0, 0.05) is 10.8 Å². The van der Waals surface area contributed by atoms with Crippen molar-refractivity contribution in [1.29, 1.82) is 0 Å². The van der Waals surface area contributed by atoms with E-state index in [1.54, 1.807) is 0 Å². The van der Waals surface area contributed by atoms with Gasteiger partial charge in [0.15, 0.2) is 0 Å². The lowest BCUT2D eigenvalue weighted by Crippen LogP contribution is -2.25. The van der Waals surface area contributed by atoms with Gasteiger partial charge >= 0.3 is 0 Å². The molecular formula is C60H42. The third-order valence-corrected chi connectivity index (χ3v) is 14.6. The van der Waals surface area contributed by atoms with Gasteiger partial charge < -0.3 is 0 Å². The molecule has 3 aliphatic carbocycles. The molecule has 0 radical (unpaired) electrons. The predicted octanol–water partition coefficient (Wildman–Crippen LogP) is 15.5. The van der Waals surface area contributed by atoms with Crippen LogP contribution in [-0.2, 0) is 23.7 Å². The number of benzene rings is 10. The molecule has 0 aromatic heterocycles. The minimum Gasteiger partial charge on any atom is -0.0620 e. The van der Waals surface area contributed by atoms with Crippen molar-refractivity contribution < 1.29 is 0 Å². The first kappa shape index (κ1) is 33.9. The van der Waals surface area contributed by atoms with Crippen molar-refractivity contribution in [3.63, 3.8) is 0 Å². The van der Waals surface area contributed by atoms with Crippen LogP contribution in [0.15, 0.2) is 194 Å². The van der Waals surface area contributed by atoms with Crippen LogP contribution in [0.25, 0.3) is 88.0 Å². The summed E-state index contributed by atoms with van der Waals surface area (Å²) in [7, 11) is 0. The summed E-state index contributed by atoms with van der Waals surface area (Å²) < 4.78 is 0. The lowest BCUT2D eigenvalue weighted by atomic mass is 9.74. The highest BCUT2D eigenvalue weighted by Gasteiger charge is 2.47. The monoisotopic (exact) mass is 762 g/mol. The summed E-state index contributed by atoms with van der Waals surface area (Å²) in [5.74, 6) is 0. The lowest BCUT2D eigenvalue weighted by Gasteiger charge is -2.27. The van der Waals surface area contributed by atoms with Crippen molar-refractivity contribution in [2.24, 2.45) is 0 Å². The molecule has 0 heteroatoms. The Hall–Kier alpha value is -7.02. The Labute approximate surface area is 351 Å². The SMILES string of the molecule is CC1(C)c2ccccc2-c2ccc(-c3c4ccccc4c(-c4ccc5c(c4)C4(Cc6ccccc6C4)c4ccccc4-5)c4ccc(-c5ccc6ccccc6c5)cc34)cc21. The second-order valence-corrected chi connectivity index (χ2v) is 18.1. The van der Waals surface area contributed by atoms with Gasteiger partial charge in [-0.15, -0.1) is 0 Å². The normalized spacial score (nSPS) is 15.0. The fourth-order valence-corrected chi connectivity index (χ4v) is 11.8. The standard InChI is InChI=1S/C60H42/c1-59(2)53-21-11-9-17-45(53)47-28-26-41(33-55(47)59)58-50-20-8-7-19-49(50)57(51-30-25-40(32-52(51)58)39-24-23-37-13-3-4-14-38(37)31-39)42-27-29-48-46-18-10-12-22-54(46)60(56(48)34-42)35-43-15-5-6-16-44(43)36-60/h3-34H,35-36H2,1-2H3. The summed E-state index contributed by atoms with van der Waals surface area (Å²) in [6, 6.07) is 74.0. The molecule has 0 heterocycles. The molecule has 0 aliphatic heterocycles. The Bertz CT molecular complexity index is 3440. The van der Waals surface area contributed by atoms with Crippen molar-refractivity contribution in [2.45, 2.75) is 37.5 Å². The first-order chi connectivity index (χ1) is 29.5. The second kappa shape index (κ2) is 12.3. The molecule has 0 nitrogen and oxygen atoms in total. The van der Waals surface area contributed by atoms with E-state index >= 15 is 0 Å². The minimum atomic E-state index is -0.0956. The highest BCUT2D eigenvalue weighted by molar-refractivity contribution is 6.22. The fourth-order valence-electron chi connectivity index (χ4n) is 11.8. The number of rotatable bonds is 3. The van der Waals surface area contributed by atoms with E-state index in [1.165, 1.54) is 121 Å². The van der Waals surface area contributed by atoms with Gasteiger partial charge in [0.2, 0.25) is 0 Å². The van der Waals surface area contributed by atoms with Gasteiger partial charge in [-0.1, -0.05) is 184 Å². The topological polar surface area (TPSA) is 0 Å². The molecule has 10 aromatic rings. The largest absolute Gasteiger partial charge is 0.0620 e. The first-order valence-corrected chi connectivity index (χ1v) is 21.5. The van der Waals surface area contributed by atoms with E-state index in [1.807, 2.05) is 0 Å². The van der Waals surface area contributed by atoms with E-state index in [9.17, 15) is 0 Å². The Morgan fingerprint density at radius 1 is 0.317 bits per heavy atom. The molecule has 0 amide bonds. The molecule has 282 valence electrons. The van der Waals surface area contributed by atoms with Gasteiger partial charge in [-0.2, -0.15) is 0 Å². The third kappa shape index (κ3) is 4.62. The van der Waals surface area contributed by atoms with Crippen LogP contribution in [0.4, 0.5) is 0 Å².